The summed E-state index contributed by atoms with van der Waals surface area (Å²) in [4.78, 5) is 2.19. The molecule has 2 unspecified atom stereocenters. The van der Waals surface area contributed by atoms with Crippen molar-refractivity contribution < 1.29 is 8.42 Å². The summed E-state index contributed by atoms with van der Waals surface area (Å²) in [5.74, 6) is 2.07. The van der Waals surface area contributed by atoms with Crippen molar-refractivity contribution in [1.29, 1.82) is 0 Å². The van der Waals surface area contributed by atoms with Crippen molar-refractivity contribution in [2.24, 2.45) is 0 Å². The molecule has 0 aliphatic carbocycles. The Morgan fingerprint density at radius 1 is 1.44 bits per heavy atom. The first-order valence-electron chi connectivity index (χ1n) is 6.90. The highest BCUT2D eigenvalue weighted by Gasteiger charge is 2.32. The van der Waals surface area contributed by atoms with Crippen LogP contribution in [0.2, 0.25) is 0 Å². The highest BCUT2D eigenvalue weighted by atomic mass is 32.2. The van der Waals surface area contributed by atoms with Crippen LogP contribution >= 0.6 is 11.8 Å². The summed E-state index contributed by atoms with van der Waals surface area (Å²) in [6, 6.07) is 0.601. The molecule has 2 atom stereocenters. The Morgan fingerprint density at radius 3 is 2.94 bits per heavy atom. The third kappa shape index (κ3) is 3.62. The second-order valence-electron chi connectivity index (χ2n) is 5.10. The van der Waals surface area contributed by atoms with Crippen LogP contribution in [-0.4, -0.2) is 61.6 Å². The topological polar surface area (TPSA) is 49.4 Å². The molecule has 18 heavy (non-hydrogen) atoms. The summed E-state index contributed by atoms with van der Waals surface area (Å²) in [5.41, 5.74) is 0. The Balaban J connectivity index is 1.91. The third-order valence-corrected chi connectivity index (χ3v) is 7.27. The number of hydrogen-bond donors (Lipinski definition) is 1. The monoisotopic (exact) mass is 292 g/mol. The van der Waals surface area contributed by atoms with Gasteiger partial charge in [0.05, 0.1) is 0 Å². The maximum absolute atomic E-state index is 12.1. The van der Waals surface area contributed by atoms with E-state index >= 15 is 0 Å². The molecule has 2 heterocycles. The fourth-order valence-corrected chi connectivity index (χ4v) is 5.83. The van der Waals surface area contributed by atoms with E-state index in [0.29, 0.717) is 6.04 Å². The minimum Gasteiger partial charge on any atom is -0.314 e. The van der Waals surface area contributed by atoms with E-state index in [-0.39, 0.29) is 11.1 Å². The van der Waals surface area contributed by atoms with Crippen molar-refractivity contribution >= 4 is 21.6 Å². The van der Waals surface area contributed by atoms with Gasteiger partial charge >= 0.3 is 0 Å². The summed E-state index contributed by atoms with van der Waals surface area (Å²) in [6.45, 7) is 4.71. The Bertz CT molecular complexity index is 353. The molecule has 0 radical (unpaired) electrons. The number of thioether (sulfide) groups is 1. The van der Waals surface area contributed by atoms with Gasteiger partial charge in [0.25, 0.3) is 0 Å². The summed E-state index contributed by atoms with van der Waals surface area (Å²) in [6.07, 6.45) is 3.59. The molecule has 2 rings (SSSR count). The predicted molar refractivity (Wildman–Crippen MR) is 77.8 cm³/mol. The molecule has 0 aromatic heterocycles. The van der Waals surface area contributed by atoms with Crippen LogP contribution in [0.5, 0.6) is 0 Å². The average molecular weight is 292 g/mol. The van der Waals surface area contributed by atoms with E-state index in [1.807, 2.05) is 0 Å². The minimum absolute atomic E-state index is 0.248. The minimum atomic E-state index is -2.93. The highest BCUT2D eigenvalue weighted by molar-refractivity contribution is 8.01. The van der Waals surface area contributed by atoms with Crippen LogP contribution in [0.25, 0.3) is 0 Å². The smallest absolute Gasteiger partial charge is 0.166 e. The van der Waals surface area contributed by atoms with Crippen LogP contribution in [0.4, 0.5) is 0 Å². The maximum Gasteiger partial charge on any atom is 0.166 e. The maximum atomic E-state index is 12.1. The van der Waals surface area contributed by atoms with Gasteiger partial charge in [0.15, 0.2) is 9.84 Å². The first kappa shape index (κ1) is 14.6. The average Bonchev–Trinajstić information content (AvgIpc) is 2.90. The Labute approximate surface area is 115 Å². The van der Waals surface area contributed by atoms with Crippen molar-refractivity contribution in [3.8, 4) is 0 Å². The molecule has 0 saturated carbocycles. The van der Waals surface area contributed by atoms with E-state index in [2.05, 4.69) is 10.2 Å². The lowest BCUT2D eigenvalue weighted by molar-refractivity contribution is 0.256. The van der Waals surface area contributed by atoms with Crippen LogP contribution in [0.15, 0.2) is 0 Å². The van der Waals surface area contributed by atoms with Crippen molar-refractivity contribution in [2.75, 3.05) is 36.9 Å². The number of nitrogens with one attached hydrogen (secondary N) is 1. The highest BCUT2D eigenvalue weighted by Crippen LogP contribution is 2.22. The van der Waals surface area contributed by atoms with Crippen LogP contribution in [0.3, 0.4) is 0 Å². The SMILES string of the molecule is CCS(=O)(=O)C1CSCCN1CCC1CCCN1. The Hall–Kier alpha value is 0.220. The summed E-state index contributed by atoms with van der Waals surface area (Å²) >= 11 is 1.77. The van der Waals surface area contributed by atoms with Gasteiger partial charge in [-0.15, -0.1) is 0 Å². The lowest BCUT2D eigenvalue weighted by Gasteiger charge is -2.35. The van der Waals surface area contributed by atoms with Gasteiger partial charge in [-0.1, -0.05) is 6.92 Å². The zero-order valence-corrected chi connectivity index (χ0v) is 12.7. The normalized spacial score (nSPS) is 30.7. The molecule has 2 saturated heterocycles. The first-order valence-corrected chi connectivity index (χ1v) is 9.77. The van der Waals surface area contributed by atoms with Gasteiger partial charge in [0, 0.05) is 36.4 Å². The number of sulfone groups is 1. The van der Waals surface area contributed by atoms with E-state index in [1.165, 1.54) is 12.8 Å². The van der Waals surface area contributed by atoms with Gasteiger partial charge in [-0.3, -0.25) is 4.90 Å². The number of rotatable bonds is 5. The lowest BCUT2D eigenvalue weighted by Crippen LogP contribution is -2.48. The molecule has 0 spiro atoms. The zero-order chi connectivity index (χ0) is 13.0. The van der Waals surface area contributed by atoms with Gasteiger partial charge in [0.1, 0.15) is 5.37 Å². The third-order valence-electron chi connectivity index (χ3n) is 3.93. The quantitative estimate of drug-likeness (QED) is 0.817. The molecule has 1 N–H and O–H groups in total. The Kier molecular flexibility index (Phi) is 5.35. The van der Waals surface area contributed by atoms with Gasteiger partial charge in [-0.2, -0.15) is 11.8 Å². The van der Waals surface area contributed by atoms with Crippen molar-refractivity contribution in [3.63, 3.8) is 0 Å². The molecule has 0 bridgehead atoms. The van der Waals surface area contributed by atoms with Gasteiger partial charge in [0.2, 0.25) is 0 Å². The molecule has 106 valence electrons. The summed E-state index contributed by atoms with van der Waals surface area (Å²) in [7, 11) is -2.93. The van der Waals surface area contributed by atoms with Gasteiger partial charge < -0.3 is 5.32 Å². The molecular formula is C12H24N2O2S2. The van der Waals surface area contributed by atoms with Crippen LogP contribution in [0.1, 0.15) is 26.2 Å². The molecule has 2 fully saturated rings. The largest absolute Gasteiger partial charge is 0.314 e. The fraction of sp³-hybridized carbons (Fsp3) is 1.00. The van der Waals surface area contributed by atoms with Crippen LogP contribution in [-0.2, 0) is 9.84 Å². The lowest BCUT2D eigenvalue weighted by atomic mass is 10.1. The molecular weight excluding hydrogens is 268 g/mol. The van der Waals surface area contributed by atoms with Crippen molar-refractivity contribution in [1.82, 2.24) is 10.2 Å². The van der Waals surface area contributed by atoms with E-state index in [1.54, 1.807) is 18.7 Å². The molecule has 0 aromatic rings. The Morgan fingerprint density at radius 2 is 2.28 bits per heavy atom. The standard InChI is InChI=1S/C12H24N2O2S2/c1-2-18(15,16)12-10-17-9-8-14(12)7-5-11-4-3-6-13-11/h11-13H,2-10H2,1H3. The first-order chi connectivity index (χ1) is 8.63. The van der Waals surface area contributed by atoms with Gasteiger partial charge in [-0.25, -0.2) is 8.42 Å². The molecule has 0 amide bonds. The zero-order valence-electron chi connectivity index (χ0n) is 11.1. The van der Waals surface area contributed by atoms with E-state index < -0.39 is 9.84 Å². The van der Waals surface area contributed by atoms with Crippen LogP contribution < -0.4 is 5.32 Å². The van der Waals surface area contributed by atoms with E-state index in [4.69, 9.17) is 0 Å². The fourth-order valence-electron chi connectivity index (χ4n) is 2.72. The molecule has 0 aromatic carbocycles. The van der Waals surface area contributed by atoms with E-state index in [0.717, 1.165) is 37.6 Å². The molecule has 4 nitrogen and oxygen atoms in total. The van der Waals surface area contributed by atoms with Crippen molar-refractivity contribution in [3.05, 3.63) is 0 Å². The molecule has 2 aliphatic heterocycles. The summed E-state index contributed by atoms with van der Waals surface area (Å²) in [5, 5.41) is 3.23. The second-order valence-corrected chi connectivity index (χ2v) is 8.70. The second kappa shape index (κ2) is 6.59. The number of hydrogen-bond acceptors (Lipinski definition) is 5. The van der Waals surface area contributed by atoms with Crippen LogP contribution in [0, 0.1) is 0 Å². The summed E-state index contributed by atoms with van der Waals surface area (Å²) < 4.78 is 24.2. The molecule has 2 aliphatic rings. The van der Waals surface area contributed by atoms with E-state index in [9.17, 15) is 8.42 Å². The molecule has 6 heteroatoms. The predicted octanol–water partition coefficient (Wildman–Crippen LogP) is 0.938. The van der Waals surface area contributed by atoms with Crippen molar-refractivity contribution in [2.45, 2.75) is 37.6 Å². The van der Waals surface area contributed by atoms with Gasteiger partial charge in [-0.05, 0) is 25.8 Å². The number of nitrogens with zero attached hydrogens (tertiary/aromatic N) is 1.